The highest BCUT2D eigenvalue weighted by atomic mass is 19.1. The molecule has 0 aliphatic carbocycles. The standard InChI is InChI=1S/C21H24FN5O2/c1-29-19-9-14(5-6-15(19)22)26-21-20-13(3-2-4-17(20)24-12-25-21)10-27-8-7-16(23)18(28)11-27/h2-6,9,12,16,18,28H,7-8,10-11,23H2,1H3,(H,24,25,26)/t16-,18-/m1/s1. The van der Waals surface area contributed by atoms with Gasteiger partial charge in [0.05, 0.1) is 18.7 Å². The predicted octanol–water partition coefficient (Wildman–Crippen LogP) is 2.42. The molecule has 0 unspecified atom stereocenters. The molecule has 0 bridgehead atoms. The molecule has 0 radical (unpaired) electrons. The lowest BCUT2D eigenvalue weighted by atomic mass is 10.0. The second kappa shape index (κ2) is 8.28. The van der Waals surface area contributed by atoms with Crippen molar-refractivity contribution in [2.45, 2.75) is 25.1 Å². The largest absolute Gasteiger partial charge is 0.494 e. The van der Waals surface area contributed by atoms with Crippen molar-refractivity contribution in [3.05, 3.63) is 54.1 Å². The summed E-state index contributed by atoms with van der Waals surface area (Å²) in [6, 6.07) is 10.3. The monoisotopic (exact) mass is 397 g/mol. The Labute approximate surface area is 168 Å². The number of fused-ring (bicyclic) bond motifs is 1. The topological polar surface area (TPSA) is 96.5 Å². The summed E-state index contributed by atoms with van der Waals surface area (Å²) in [5.41, 5.74) is 8.44. The predicted molar refractivity (Wildman–Crippen MR) is 110 cm³/mol. The third-order valence-electron chi connectivity index (χ3n) is 5.28. The van der Waals surface area contributed by atoms with Crippen LogP contribution < -0.4 is 15.8 Å². The molecule has 2 heterocycles. The SMILES string of the molecule is COc1cc(Nc2ncnc3cccc(CN4CC[C@@H](N)[C@H](O)C4)c23)ccc1F. The molecule has 7 nitrogen and oxygen atoms in total. The summed E-state index contributed by atoms with van der Waals surface area (Å²) in [6.45, 7) is 2.00. The molecule has 0 amide bonds. The fraction of sp³-hybridized carbons (Fsp3) is 0.333. The molecule has 3 aromatic rings. The van der Waals surface area contributed by atoms with Crippen molar-refractivity contribution in [2.75, 3.05) is 25.5 Å². The lowest BCUT2D eigenvalue weighted by molar-refractivity contribution is 0.0501. The van der Waals surface area contributed by atoms with Crippen LogP contribution in [0.4, 0.5) is 15.9 Å². The van der Waals surface area contributed by atoms with Gasteiger partial charge in [-0.2, -0.15) is 0 Å². The quantitative estimate of drug-likeness (QED) is 0.608. The molecule has 0 spiro atoms. The van der Waals surface area contributed by atoms with E-state index in [2.05, 4.69) is 20.2 Å². The molecule has 4 rings (SSSR count). The third kappa shape index (κ3) is 4.14. The van der Waals surface area contributed by atoms with Crippen LogP contribution >= 0.6 is 0 Å². The van der Waals surface area contributed by atoms with E-state index in [0.717, 1.165) is 29.4 Å². The van der Waals surface area contributed by atoms with Gasteiger partial charge in [-0.05, 0) is 30.2 Å². The second-order valence-corrected chi connectivity index (χ2v) is 7.26. The van der Waals surface area contributed by atoms with Crippen LogP contribution in [-0.2, 0) is 6.54 Å². The van der Waals surface area contributed by atoms with Crippen molar-refractivity contribution in [1.82, 2.24) is 14.9 Å². The minimum Gasteiger partial charge on any atom is -0.494 e. The molecule has 2 aromatic carbocycles. The molecule has 8 heteroatoms. The summed E-state index contributed by atoms with van der Waals surface area (Å²) in [5, 5.41) is 14.3. The molecule has 152 valence electrons. The Hall–Kier alpha value is -2.81. The Kier molecular flexibility index (Phi) is 5.57. The Bertz CT molecular complexity index is 1010. The van der Waals surface area contributed by atoms with E-state index in [-0.39, 0.29) is 11.8 Å². The van der Waals surface area contributed by atoms with Crippen LogP contribution in [0.2, 0.25) is 0 Å². The number of nitrogens with two attached hydrogens (primary N) is 1. The molecular weight excluding hydrogens is 373 g/mol. The van der Waals surface area contributed by atoms with E-state index in [9.17, 15) is 9.50 Å². The number of hydrogen-bond donors (Lipinski definition) is 3. The van der Waals surface area contributed by atoms with Gasteiger partial charge in [-0.25, -0.2) is 14.4 Å². The maximum Gasteiger partial charge on any atom is 0.165 e. The van der Waals surface area contributed by atoms with Crippen molar-refractivity contribution < 1.29 is 14.2 Å². The zero-order chi connectivity index (χ0) is 20.4. The van der Waals surface area contributed by atoms with Crippen LogP contribution in [0.1, 0.15) is 12.0 Å². The fourth-order valence-electron chi connectivity index (χ4n) is 3.68. The fourth-order valence-corrected chi connectivity index (χ4v) is 3.68. The summed E-state index contributed by atoms with van der Waals surface area (Å²) in [7, 11) is 1.43. The zero-order valence-corrected chi connectivity index (χ0v) is 16.2. The van der Waals surface area contributed by atoms with Gasteiger partial charge < -0.3 is 20.9 Å². The smallest absolute Gasteiger partial charge is 0.165 e. The molecule has 1 aliphatic heterocycles. The van der Waals surface area contributed by atoms with E-state index in [1.807, 2.05) is 18.2 Å². The molecule has 0 saturated carbocycles. The summed E-state index contributed by atoms with van der Waals surface area (Å²) >= 11 is 0. The van der Waals surface area contributed by atoms with Gasteiger partial charge in [0.25, 0.3) is 0 Å². The lowest BCUT2D eigenvalue weighted by Gasteiger charge is -2.34. The van der Waals surface area contributed by atoms with E-state index in [1.165, 1.54) is 19.5 Å². The van der Waals surface area contributed by atoms with Crippen LogP contribution in [0, 0.1) is 5.82 Å². The number of aliphatic hydroxyl groups excluding tert-OH is 1. The number of aliphatic hydroxyl groups is 1. The Morgan fingerprint density at radius 2 is 2.17 bits per heavy atom. The minimum atomic E-state index is -0.528. The number of methoxy groups -OCH3 is 1. The molecule has 1 aliphatic rings. The first-order valence-electron chi connectivity index (χ1n) is 9.54. The Balaban J connectivity index is 1.66. The molecular formula is C21H24FN5O2. The average Bonchev–Trinajstić information content (AvgIpc) is 2.72. The first kappa shape index (κ1) is 19.5. The van der Waals surface area contributed by atoms with E-state index in [4.69, 9.17) is 10.5 Å². The number of rotatable bonds is 5. The van der Waals surface area contributed by atoms with Crippen molar-refractivity contribution in [1.29, 1.82) is 0 Å². The molecule has 2 atom stereocenters. The van der Waals surface area contributed by atoms with Gasteiger partial charge in [0, 0.05) is 42.8 Å². The number of nitrogens with one attached hydrogen (secondary N) is 1. The first-order chi connectivity index (χ1) is 14.0. The summed E-state index contributed by atoms with van der Waals surface area (Å²) in [6.07, 6.45) is 1.72. The molecule has 1 fully saturated rings. The number of halogens is 1. The number of hydrogen-bond acceptors (Lipinski definition) is 7. The van der Waals surface area contributed by atoms with Crippen LogP contribution in [0.15, 0.2) is 42.7 Å². The van der Waals surface area contributed by atoms with Gasteiger partial charge in [0.2, 0.25) is 0 Å². The molecule has 29 heavy (non-hydrogen) atoms. The van der Waals surface area contributed by atoms with E-state index in [0.29, 0.717) is 24.6 Å². The zero-order valence-electron chi connectivity index (χ0n) is 16.2. The number of aromatic nitrogens is 2. The number of nitrogens with zero attached hydrogens (tertiary/aromatic N) is 3. The van der Waals surface area contributed by atoms with Gasteiger partial charge in [0.15, 0.2) is 11.6 Å². The van der Waals surface area contributed by atoms with E-state index < -0.39 is 11.9 Å². The van der Waals surface area contributed by atoms with Crippen molar-refractivity contribution in [3.63, 3.8) is 0 Å². The average molecular weight is 397 g/mol. The highest BCUT2D eigenvalue weighted by Crippen LogP contribution is 2.30. The van der Waals surface area contributed by atoms with Crippen molar-refractivity contribution in [3.8, 4) is 5.75 Å². The second-order valence-electron chi connectivity index (χ2n) is 7.26. The molecule has 1 saturated heterocycles. The van der Waals surface area contributed by atoms with Crippen LogP contribution in [0.5, 0.6) is 5.75 Å². The molecule has 4 N–H and O–H groups in total. The molecule has 1 aromatic heterocycles. The number of anilines is 2. The van der Waals surface area contributed by atoms with Crippen molar-refractivity contribution >= 4 is 22.4 Å². The summed E-state index contributed by atoms with van der Waals surface area (Å²) < 4.78 is 18.8. The number of likely N-dealkylation sites (tertiary alicyclic amines) is 1. The summed E-state index contributed by atoms with van der Waals surface area (Å²) in [4.78, 5) is 11.0. The highest BCUT2D eigenvalue weighted by molar-refractivity contribution is 5.93. The van der Waals surface area contributed by atoms with Crippen LogP contribution in [0.25, 0.3) is 10.9 Å². The summed E-state index contributed by atoms with van der Waals surface area (Å²) in [5.74, 6) is 0.369. The van der Waals surface area contributed by atoms with Crippen LogP contribution in [-0.4, -0.2) is 52.3 Å². The highest BCUT2D eigenvalue weighted by Gasteiger charge is 2.25. The van der Waals surface area contributed by atoms with E-state index in [1.54, 1.807) is 12.1 Å². The maximum absolute atomic E-state index is 13.7. The number of ether oxygens (including phenoxy) is 1. The number of piperidine rings is 1. The maximum atomic E-state index is 13.7. The van der Waals surface area contributed by atoms with Crippen molar-refractivity contribution in [2.24, 2.45) is 5.73 Å². The first-order valence-corrected chi connectivity index (χ1v) is 9.54. The number of β-amino-alcohol motifs (C(OH)–C–C–N with tert-alkyl or cyclic N) is 1. The minimum absolute atomic E-state index is 0.159. The van der Waals surface area contributed by atoms with Gasteiger partial charge in [-0.3, -0.25) is 4.90 Å². The Morgan fingerprint density at radius 1 is 1.31 bits per heavy atom. The Morgan fingerprint density at radius 3 is 2.97 bits per heavy atom. The van der Waals surface area contributed by atoms with Gasteiger partial charge in [-0.15, -0.1) is 0 Å². The lowest BCUT2D eigenvalue weighted by Crippen LogP contribution is -2.50. The van der Waals surface area contributed by atoms with Crippen LogP contribution in [0.3, 0.4) is 0 Å². The normalized spacial score (nSPS) is 20.0. The number of benzene rings is 2. The third-order valence-corrected chi connectivity index (χ3v) is 5.28. The van der Waals surface area contributed by atoms with E-state index >= 15 is 0 Å². The van der Waals surface area contributed by atoms with Gasteiger partial charge in [-0.1, -0.05) is 12.1 Å². The van der Waals surface area contributed by atoms with Gasteiger partial charge in [0.1, 0.15) is 12.1 Å². The van der Waals surface area contributed by atoms with Gasteiger partial charge >= 0.3 is 0 Å².